The molecule has 2 N–H and O–H groups in total. The van der Waals surface area contributed by atoms with Crippen LogP contribution in [0.4, 0.5) is 10.1 Å². The van der Waals surface area contributed by atoms with Crippen LogP contribution in [0.3, 0.4) is 0 Å². The Kier molecular flexibility index (Phi) is 3.76. The van der Waals surface area contributed by atoms with Crippen LogP contribution in [0.5, 0.6) is 0 Å². The minimum Gasteiger partial charge on any atom is -0.399 e. The number of anilines is 1. The van der Waals surface area contributed by atoms with Crippen LogP contribution in [0, 0.1) is 5.82 Å². The van der Waals surface area contributed by atoms with E-state index in [1.54, 1.807) is 0 Å². The van der Waals surface area contributed by atoms with E-state index in [1.807, 2.05) is 24.3 Å². The predicted molar refractivity (Wildman–Crippen MR) is 82.8 cm³/mol. The molecule has 4 heteroatoms. The van der Waals surface area contributed by atoms with Crippen molar-refractivity contribution in [1.82, 2.24) is 4.90 Å². The molecule has 0 radical (unpaired) electrons. The lowest BCUT2D eigenvalue weighted by Gasteiger charge is -2.29. The number of fused-ring (bicyclic) bond motifs is 1. The topological polar surface area (TPSA) is 29.3 Å². The number of benzene rings is 2. The third-order valence-corrected chi connectivity index (χ3v) is 4.22. The Labute approximate surface area is 126 Å². The molecule has 0 spiro atoms. The number of hydrogen-bond acceptors (Lipinski definition) is 2. The zero-order valence-corrected chi connectivity index (χ0v) is 12.7. The van der Waals surface area contributed by atoms with Gasteiger partial charge in [0.1, 0.15) is 5.82 Å². The van der Waals surface area contributed by atoms with Gasteiger partial charge in [-0.25, -0.2) is 4.39 Å². The van der Waals surface area contributed by atoms with E-state index in [-0.39, 0.29) is 5.82 Å². The number of hydrogen-bond donors (Lipinski definition) is 1. The molecule has 2 aromatic carbocycles. The van der Waals surface area contributed by atoms with E-state index in [9.17, 15) is 4.39 Å². The summed E-state index contributed by atoms with van der Waals surface area (Å²) in [6.45, 7) is 2.41. The molecule has 0 aromatic heterocycles. The lowest BCUT2D eigenvalue weighted by atomic mass is 9.98. The Bertz CT molecular complexity index is 642. The molecule has 0 saturated heterocycles. The maximum Gasteiger partial charge on any atom is 0.128 e. The average molecular weight is 335 g/mol. The Balaban J connectivity index is 1.77. The smallest absolute Gasteiger partial charge is 0.128 e. The van der Waals surface area contributed by atoms with Crippen molar-refractivity contribution in [3.63, 3.8) is 0 Å². The molecular formula is C16H16BrFN2. The van der Waals surface area contributed by atoms with Gasteiger partial charge in [-0.2, -0.15) is 0 Å². The first-order valence-electron chi connectivity index (χ1n) is 6.65. The van der Waals surface area contributed by atoms with Crippen LogP contribution in [-0.4, -0.2) is 11.4 Å². The lowest BCUT2D eigenvalue weighted by molar-refractivity contribution is 0.242. The van der Waals surface area contributed by atoms with Gasteiger partial charge >= 0.3 is 0 Å². The molecule has 0 fully saturated rings. The first kappa shape index (κ1) is 13.6. The fourth-order valence-electron chi connectivity index (χ4n) is 2.66. The summed E-state index contributed by atoms with van der Waals surface area (Å²) in [5.41, 5.74) is 9.98. The molecule has 2 aromatic rings. The molecule has 0 atom stereocenters. The summed E-state index contributed by atoms with van der Waals surface area (Å²) in [5, 5.41) is 0. The molecule has 104 valence electrons. The molecule has 3 rings (SSSR count). The van der Waals surface area contributed by atoms with Crippen molar-refractivity contribution in [3.05, 3.63) is 63.4 Å². The number of nitrogens with two attached hydrogens (primary N) is 1. The molecule has 0 unspecified atom stereocenters. The molecule has 0 bridgehead atoms. The minimum absolute atomic E-state index is 0.155. The molecule has 0 saturated carbocycles. The highest BCUT2D eigenvalue weighted by Crippen LogP contribution is 2.24. The molecule has 0 aliphatic carbocycles. The summed E-state index contributed by atoms with van der Waals surface area (Å²) in [4.78, 5) is 2.26. The van der Waals surface area contributed by atoms with Crippen LogP contribution in [0.25, 0.3) is 0 Å². The Hall–Kier alpha value is -1.39. The van der Waals surface area contributed by atoms with Crippen molar-refractivity contribution < 1.29 is 4.39 Å². The second-order valence-corrected chi connectivity index (χ2v) is 6.14. The number of nitrogens with zero attached hydrogens (tertiary/aromatic N) is 1. The number of halogens is 2. The Morgan fingerprint density at radius 3 is 2.80 bits per heavy atom. The predicted octanol–water partition coefficient (Wildman–Crippen LogP) is 3.73. The van der Waals surface area contributed by atoms with Crippen molar-refractivity contribution in [1.29, 1.82) is 0 Å². The Morgan fingerprint density at radius 2 is 2.00 bits per heavy atom. The summed E-state index contributed by atoms with van der Waals surface area (Å²) in [6.07, 6.45) is 0.994. The van der Waals surface area contributed by atoms with Gasteiger partial charge in [0.05, 0.1) is 0 Å². The third-order valence-electron chi connectivity index (χ3n) is 3.73. The maximum absolute atomic E-state index is 13.9. The van der Waals surface area contributed by atoms with Gasteiger partial charge in [0.25, 0.3) is 0 Å². The largest absolute Gasteiger partial charge is 0.399 e. The van der Waals surface area contributed by atoms with Crippen LogP contribution < -0.4 is 5.73 Å². The fraction of sp³-hybridized carbons (Fsp3) is 0.250. The second kappa shape index (κ2) is 5.54. The van der Waals surface area contributed by atoms with Gasteiger partial charge in [-0.3, -0.25) is 4.90 Å². The minimum atomic E-state index is -0.155. The molecule has 1 heterocycles. The molecular weight excluding hydrogens is 319 g/mol. The first-order valence-corrected chi connectivity index (χ1v) is 7.45. The fourth-order valence-corrected chi connectivity index (χ4v) is 2.99. The third kappa shape index (κ3) is 2.86. The van der Waals surface area contributed by atoms with Crippen LogP contribution in [0.2, 0.25) is 0 Å². The van der Waals surface area contributed by atoms with E-state index in [1.165, 1.54) is 17.2 Å². The number of rotatable bonds is 2. The van der Waals surface area contributed by atoms with Gasteiger partial charge in [-0.05, 0) is 41.8 Å². The van der Waals surface area contributed by atoms with Crippen molar-refractivity contribution in [3.8, 4) is 0 Å². The van der Waals surface area contributed by atoms with E-state index in [2.05, 4.69) is 26.9 Å². The first-order chi connectivity index (χ1) is 9.61. The van der Waals surface area contributed by atoms with Gasteiger partial charge in [0.15, 0.2) is 0 Å². The van der Waals surface area contributed by atoms with Gasteiger partial charge < -0.3 is 5.73 Å². The second-order valence-electron chi connectivity index (χ2n) is 5.22. The summed E-state index contributed by atoms with van der Waals surface area (Å²) in [6, 6.07) is 11.3. The van der Waals surface area contributed by atoms with Gasteiger partial charge in [0, 0.05) is 35.4 Å². The van der Waals surface area contributed by atoms with Crippen molar-refractivity contribution >= 4 is 21.6 Å². The number of nitrogen functional groups attached to an aromatic ring is 1. The van der Waals surface area contributed by atoms with E-state index < -0.39 is 0 Å². The van der Waals surface area contributed by atoms with Gasteiger partial charge in [-0.15, -0.1) is 0 Å². The maximum atomic E-state index is 13.9. The summed E-state index contributed by atoms with van der Waals surface area (Å²) in [5.74, 6) is -0.155. The van der Waals surface area contributed by atoms with Crippen molar-refractivity contribution in [2.75, 3.05) is 12.3 Å². The summed E-state index contributed by atoms with van der Waals surface area (Å²) in [7, 11) is 0. The zero-order chi connectivity index (χ0) is 14.1. The van der Waals surface area contributed by atoms with Crippen molar-refractivity contribution in [2.45, 2.75) is 19.5 Å². The zero-order valence-electron chi connectivity index (χ0n) is 11.1. The monoisotopic (exact) mass is 334 g/mol. The summed E-state index contributed by atoms with van der Waals surface area (Å²) < 4.78 is 14.7. The highest BCUT2D eigenvalue weighted by Gasteiger charge is 2.17. The molecule has 1 aliphatic rings. The van der Waals surface area contributed by atoms with Crippen LogP contribution in [0.1, 0.15) is 16.7 Å². The molecule has 2 nitrogen and oxygen atoms in total. The van der Waals surface area contributed by atoms with Crippen LogP contribution in [-0.2, 0) is 19.5 Å². The van der Waals surface area contributed by atoms with E-state index in [0.717, 1.165) is 35.2 Å². The molecule has 1 aliphatic heterocycles. The normalized spacial score (nSPS) is 15.1. The summed E-state index contributed by atoms with van der Waals surface area (Å²) >= 11 is 3.28. The van der Waals surface area contributed by atoms with Crippen LogP contribution in [0.15, 0.2) is 40.9 Å². The standard InChI is InChI=1S/C16H16BrFN2/c17-14-3-1-12(16(18)8-14)9-20-6-5-11-2-4-15(19)7-13(11)10-20/h1-4,7-8H,5-6,9-10,19H2. The van der Waals surface area contributed by atoms with E-state index in [4.69, 9.17) is 5.73 Å². The van der Waals surface area contributed by atoms with Crippen molar-refractivity contribution in [2.24, 2.45) is 0 Å². The molecule has 20 heavy (non-hydrogen) atoms. The van der Waals surface area contributed by atoms with E-state index in [0.29, 0.717) is 6.54 Å². The lowest BCUT2D eigenvalue weighted by Crippen LogP contribution is -2.30. The van der Waals surface area contributed by atoms with Crippen LogP contribution >= 0.6 is 15.9 Å². The van der Waals surface area contributed by atoms with E-state index >= 15 is 0 Å². The van der Waals surface area contributed by atoms with Gasteiger partial charge in [0.2, 0.25) is 0 Å². The molecule has 0 amide bonds. The van der Waals surface area contributed by atoms with Gasteiger partial charge in [-0.1, -0.05) is 28.1 Å². The highest BCUT2D eigenvalue weighted by atomic mass is 79.9. The average Bonchev–Trinajstić information content (AvgIpc) is 2.41. The highest BCUT2D eigenvalue weighted by molar-refractivity contribution is 9.10. The Morgan fingerprint density at radius 1 is 1.15 bits per heavy atom. The SMILES string of the molecule is Nc1ccc2c(c1)CN(Cc1ccc(Br)cc1F)CC2. The quantitative estimate of drug-likeness (QED) is 0.848.